The average Bonchev–Trinajstić information content (AvgIpc) is 3.93. The van der Waals surface area contributed by atoms with Crippen LogP contribution in [0.3, 0.4) is 0 Å². The molecule has 0 saturated carbocycles. The lowest BCUT2D eigenvalue weighted by Gasteiger charge is -2.17. The molecule has 49 heavy (non-hydrogen) atoms. The highest BCUT2D eigenvalue weighted by Gasteiger charge is 2.27. The van der Waals surface area contributed by atoms with E-state index in [2.05, 4.69) is 100 Å². The van der Waals surface area contributed by atoms with Crippen molar-refractivity contribution in [3.05, 3.63) is 149 Å². The van der Waals surface area contributed by atoms with Crippen LogP contribution in [-0.4, -0.2) is 24.9 Å². The SMILES string of the molecule is c1cnc(-c2ccc3c(c2)CCC3c2cnc(-c3ccc4c(c3)CCC4)c(-c3ccc4ncsc4c3)c2)c(-c2ccc3nccnc3c2)c1. The summed E-state index contributed by atoms with van der Waals surface area (Å²) in [6, 6.07) is 33.3. The van der Waals surface area contributed by atoms with Crippen LogP contribution in [-0.2, 0) is 19.3 Å². The number of pyridine rings is 2. The molecule has 2 aliphatic rings. The molecule has 10 rings (SSSR count). The van der Waals surface area contributed by atoms with Crippen LogP contribution in [0.15, 0.2) is 121 Å². The van der Waals surface area contributed by atoms with E-state index in [1.807, 2.05) is 23.8 Å². The molecule has 1 unspecified atom stereocenters. The Kier molecular flexibility index (Phi) is 6.69. The molecule has 4 heterocycles. The van der Waals surface area contributed by atoms with Crippen LogP contribution >= 0.6 is 11.3 Å². The van der Waals surface area contributed by atoms with E-state index in [-0.39, 0.29) is 0 Å². The zero-order chi connectivity index (χ0) is 32.3. The topological polar surface area (TPSA) is 64.5 Å². The van der Waals surface area contributed by atoms with Crippen molar-refractivity contribution >= 4 is 32.6 Å². The largest absolute Gasteiger partial charge is 0.256 e. The molecule has 0 spiro atoms. The average molecular weight is 650 g/mol. The Morgan fingerprint density at radius 2 is 1.31 bits per heavy atom. The van der Waals surface area contributed by atoms with Gasteiger partial charge in [0.05, 0.1) is 38.1 Å². The maximum absolute atomic E-state index is 5.24. The fraction of sp³-hybridized carbons (Fsp3) is 0.140. The minimum atomic E-state index is 0.291. The molecule has 234 valence electrons. The van der Waals surface area contributed by atoms with E-state index in [0.29, 0.717) is 5.92 Å². The maximum atomic E-state index is 5.24. The number of hydrogen-bond donors (Lipinski definition) is 0. The van der Waals surface area contributed by atoms with Crippen molar-refractivity contribution in [2.75, 3.05) is 0 Å². The molecule has 8 aromatic rings. The van der Waals surface area contributed by atoms with Crippen molar-refractivity contribution in [1.82, 2.24) is 24.9 Å². The van der Waals surface area contributed by atoms with Gasteiger partial charge in [0.2, 0.25) is 0 Å². The van der Waals surface area contributed by atoms with E-state index in [1.54, 1.807) is 23.7 Å². The van der Waals surface area contributed by atoms with Crippen molar-refractivity contribution < 1.29 is 0 Å². The first-order chi connectivity index (χ1) is 24.2. The first-order valence-corrected chi connectivity index (χ1v) is 17.9. The van der Waals surface area contributed by atoms with Crippen molar-refractivity contribution in [2.45, 2.75) is 38.0 Å². The summed E-state index contributed by atoms with van der Waals surface area (Å²) < 4.78 is 1.20. The van der Waals surface area contributed by atoms with Gasteiger partial charge in [0.25, 0.3) is 0 Å². The minimum absolute atomic E-state index is 0.291. The fourth-order valence-corrected chi connectivity index (χ4v) is 8.69. The highest BCUT2D eigenvalue weighted by molar-refractivity contribution is 7.16. The number of benzene rings is 4. The molecule has 0 saturated heterocycles. The second-order valence-corrected chi connectivity index (χ2v) is 14.1. The van der Waals surface area contributed by atoms with Gasteiger partial charge in [-0.25, -0.2) is 4.98 Å². The number of nitrogens with zero attached hydrogens (tertiary/aromatic N) is 5. The van der Waals surface area contributed by atoms with Gasteiger partial charge in [0, 0.05) is 53.0 Å². The van der Waals surface area contributed by atoms with E-state index in [0.717, 1.165) is 63.9 Å². The van der Waals surface area contributed by atoms with Crippen molar-refractivity contribution in [3.63, 3.8) is 0 Å². The molecule has 6 heteroatoms. The Hall–Kier alpha value is -5.59. The summed E-state index contributed by atoms with van der Waals surface area (Å²) in [5, 5.41) is 0. The lowest BCUT2D eigenvalue weighted by Crippen LogP contribution is -2.00. The third-order valence-electron chi connectivity index (χ3n) is 10.4. The number of rotatable bonds is 5. The summed E-state index contributed by atoms with van der Waals surface area (Å²) in [7, 11) is 0. The monoisotopic (exact) mass is 649 g/mol. The van der Waals surface area contributed by atoms with Gasteiger partial charge in [-0.1, -0.05) is 42.5 Å². The van der Waals surface area contributed by atoms with Gasteiger partial charge < -0.3 is 0 Å². The standard InChI is InChI=1S/C43H31N5S/c1-3-26-6-7-31(19-27(26)4-1)43-37(30-11-15-39-41(23-30)49-25-48-39)21-33(24-47-43)35-12-8-28-20-32(9-13-34(28)35)42-36(5-2-16-46-42)29-10-14-38-40(22-29)45-18-17-44-38/h2,5-7,9-11,13-25,35H,1,3-4,8,12H2. The van der Waals surface area contributed by atoms with Gasteiger partial charge in [-0.2, -0.15) is 0 Å². The van der Waals surface area contributed by atoms with E-state index >= 15 is 0 Å². The molecule has 0 amide bonds. The summed E-state index contributed by atoms with van der Waals surface area (Å²) >= 11 is 1.69. The molecule has 0 radical (unpaired) electrons. The van der Waals surface area contributed by atoms with Gasteiger partial charge in [-0.05, 0) is 120 Å². The smallest absolute Gasteiger partial charge is 0.0892 e. The summed E-state index contributed by atoms with van der Waals surface area (Å²) in [5.74, 6) is 0.291. The summed E-state index contributed by atoms with van der Waals surface area (Å²) in [6.07, 6.45) is 13.1. The third-order valence-corrected chi connectivity index (χ3v) is 11.2. The number of aryl methyl sites for hydroxylation is 3. The van der Waals surface area contributed by atoms with Gasteiger partial charge in [0.1, 0.15) is 0 Å². The number of thiazole rings is 1. The Morgan fingerprint density at radius 1 is 0.531 bits per heavy atom. The van der Waals surface area contributed by atoms with Crippen LogP contribution in [0, 0.1) is 0 Å². The first kappa shape index (κ1) is 28.4. The van der Waals surface area contributed by atoms with Crippen molar-refractivity contribution in [3.8, 4) is 44.8 Å². The van der Waals surface area contributed by atoms with Crippen LogP contribution in [0.25, 0.3) is 66.0 Å². The third kappa shape index (κ3) is 4.94. The zero-order valence-electron chi connectivity index (χ0n) is 26.8. The second-order valence-electron chi connectivity index (χ2n) is 13.2. The van der Waals surface area contributed by atoms with E-state index in [9.17, 15) is 0 Å². The van der Waals surface area contributed by atoms with Crippen molar-refractivity contribution in [1.29, 1.82) is 0 Å². The summed E-state index contributed by atoms with van der Waals surface area (Å²) in [4.78, 5) is 23.6. The second kappa shape index (κ2) is 11.5. The first-order valence-electron chi connectivity index (χ1n) is 17.0. The predicted octanol–water partition coefficient (Wildman–Crippen LogP) is 10.3. The Labute approximate surface area is 288 Å². The van der Waals surface area contributed by atoms with E-state index < -0.39 is 0 Å². The van der Waals surface area contributed by atoms with Gasteiger partial charge in [-0.15, -0.1) is 11.3 Å². The van der Waals surface area contributed by atoms with Crippen LogP contribution in [0.4, 0.5) is 0 Å². The van der Waals surface area contributed by atoms with Crippen LogP contribution in [0.1, 0.15) is 46.6 Å². The number of fused-ring (bicyclic) bond motifs is 4. The Morgan fingerprint density at radius 3 is 2.24 bits per heavy atom. The number of aromatic nitrogens is 5. The van der Waals surface area contributed by atoms with Crippen LogP contribution in [0.2, 0.25) is 0 Å². The van der Waals surface area contributed by atoms with E-state index in [4.69, 9.17) is 9.97 Å². The normalized spacial score (nSPS) is 15.1. The Bertz CT molecular complexity index is 2570. The molecule has 0 bridgehead atoms. The van der Waals surface area contributed by atoms with Crippen LogP contribution in [0.5, 0.6) is 0 Å². The molecule has 0 aliphatic heterocycles. The van der Waals surface area contributed by atoms with Gasteiger partial charge in [0.15, 0.2) is 0 Å². The number of hydrogen-bond acceptors (Lipinski definition) is 6. The molecule has 2 aliphatic carbocycles. The molecular formula is C43H31N5S. The van der Waals surface area contributed by atoms with Crippen LogP contribution < -0.4 is 0 Å². The molecule has 5 nitrogen and oxygen atoms in total. The molecular weight excluding hydrogens is 619 g/mol. The lowest BCUT2D eigenvalue weighted by atomic mass is 9.89. The maximum Gasteiger partial charge on any atom is 0.0892 e. The Balaban J connectivity index is 1.04. The summed E-state index contributed by atoms with van der Waals surface area (Å²) in [6.45, 7) is 0. The quantitative estimate of drug-likeness (QED) is 0.186. The highest BCUT2D eigenvalue weighted by atomic mass is 32.1. The van der Waals surface area contributed by atoms with Crippen molar-refractivity contribution in [2.24, 2.45) is 0 Å². The molecule has 4 aromatic heterocycles. The minimum Gasteiger partial charge on any atom is -0.256 e. The van der Waals surface area contributed by atoms with Gasteiger partial charge >= 0.3 is 0 Å². The molecule has 1 atom stereocenters. The predicted molar refractivity (Wildman–Crippen MR) is 199 cm³/mol. The molecule has 0 fully saturated rings. The molecule has 0 N–H and O–H groups in total. The lowest BCUT2D eigenvalue weighted by molar-refractivity contribution is 0.784. The fourth-order valence-electron chi connectivity index (χ4n) is 7.97. The molecule has 4 aromatic carbocycles. The summed E-state index contributed by atoms with van der Waals surface area (Å²) in [5.41, 5.74) is 20.7. The van der Waals surface area contributed by atoms with E-state index in [1.165, 1.54) is 62.0 Å². The van der Waals surface area contributed by atoms with Gasteiger partial charge in [-0.3, -0.25) is 19.9 Å². The zero-order valence-corrected chi connectivity index (χ0v) is 27.6. The highest BCUT2D eigenvalue weighted by Crippen LogP contribution is 2.43.